The molecule has 212 valence electrons. The van der Waals surface area contributed by atoms with Crippen LogP contribution in [0.3, 0.4) is 0 Å². The van der Waals surface area contributed by atoms with Crippen LogP contribution in [0.25, 0.3) is 0 Å². The Morgan fingerprint density at radius 2 is 1.80 bits per heavy atom. The SMILES string of the molecule is CCc1c(CCN(C)c2ncccc2C(F)(F)F)nc(N2CCOCC2)nc1Nc1ccc(C(C)(C)C#N)cc1. The van der Waals surface area contributed by atoms with E-state index in [0.717, 1.165) is 28.6 Å². The Balaban J connectivity index is 1.65. The number of nitrogens with one attached hydrogen (secondary N) is 1. The first kappa shape index (κ1) is 29.1. The molecular weight excluding hydrogens is 519 g/mol. The Hall–Kier alpha value is -3.91. The summed E-state index contributed by atoms with van der Waals surface area (Å²) in [5.41, 5.74) is 2.00. The highest BCUT2D eigenvalue weighted by Crippen LogP contribution is 2.35. The number of halogens is 3. The Kier molecular flexibility index (Phi) is 8.79. The van der Waals surface area contributed by atoms with Crippen molar-refractivity contribution in [2.24, 2.45) is 0 Å². The van der Waals surface area contributed by atoms with Crippen LogP contribution in [0.4, 0.5) is 36.4 Å². The van der Waals surface area contributed by atoms with Crippen molar-refractivity contribution in [2.45, 2.75) is 45.2 Å². The lowest BCUT2D eigenvalue weighted by molar-refractivity contribution is -0.137. The molecule has 0 amide bonds. The maximum absolute atomic E-state index is 13.6. The maximum atomic E-state index is 13.6. The predicted octanol–water partition coefficient (Wildman–Crippen LogP) is 5.51. The number of benzene rings is 1. The zero-order chi connectivity index (χ0) is 28.9. The molecular formula is C29H34F3N7O. The van der Waals surface area contributed by atoms with Crippen LogP contribution in [-0.2, 0) is 29.2 Å². The van der Waals surface area contributed by atoms with Gasteiger partial charge in [0.1, 0.15) is 11.6 Å². The second-order valence-corrected chi connectivity index (χ2v) is 10.2. The molecule has 4 rings (SSSR count). The molecule has 0 aliphatic carbocycles. The first-order chi connectivity index (χ1) is 19.0. The van der Waals surface area contributed by atoms with Gasteiger partial charge in [0, 0.05) is 50.6 Å². The fourth-order valence-electron chi connectivity index (χ4n) is 4.58. The van der Waals surface area contributed by atoms with Crippen LogP contribution < -0.4 is 15.1 Å². The number of ether oxygens (including phenoxy) is 1. The summed E-state index contributed by atoms with van der Waals surface area (Å²) in [5.74, 6) is 1.09. The molecule has 0 atom stereocenters. The van der Waals surface area contributed by atoms with E-state index in [2.05, 4.69) is 21.3 Å². The standard InChI is InChI=1S/C29H34F3N7O/c1-5-22-24(12-14-38(4)26-23(29(30,31)32)7-6-13-34-26)36-27(39-15-17-40-18-16-39)37-25(22)35-21-10-8-20(9-11-21)28(2,3)19-33/h6-11,13H,5,12,14-18H2,1-4H3,(H,35,36,37). The molecule has 0 saturated carbocycles. The average molecular weight is 554 g/mol. The smallest absolute Gasteiger partial charge is 0.378 e. The van der Waals surface area contributed by atoms with E-state index in [0.29, 0.717) is 50.9 Å². The van der Waals surface area contributed by atoms with Gasteiger partial charge < -0.3 is 19.9 Å². The van der Waals surface area contributed by atoms with Gasteiger partial charge in [0.05, 0.1) is 36.0 Å². The molecule has 1 aromatic carbocycles. The zero-order valence-electron chi connectivity index (χ0n) is 23.2. The van der Waals surface area contributed by atoms with Crippen LogP contribution in [0.5, 0.6) is 0 Å². The average Bonchev–Trinajstić information content (AvgIpc) is 2.96. The number of alkyl halides is 3. The number of hydrogen-bond acceptors (Lipinski definition) is 8. The molecule has 1 aliphatic rings. The number of nitriles is 1. The molecule has 8 nitrogen and oxygen atoms in total. The van der Waals surface area contributed by atoms with Gasteiger partial charge in [0.2, 0.25) is 5.95 Å². The summed E-state index contributed by atoms with van der Waals surface area (Å²) < 4.78 is 46.3. The van der Waals surface area contributed by atoms with E-state index in [9.17, 15) is 18.4 Å². The molecule has 1 saturated heterocycles. The third-order valence-electron chi connectivity index (χ3n) is 7.01. The number of hydrogen-bond donors (Lipinski definition) is 1. The molecule has 3 aromatic rings. The summed E-state index contributed by atoms with van der Waals surface area (Å²) in [6, 6.07) is 12.3. The van der Waals surface area contributed by atoms with Gasteiger partial charge in [-0.25, -0.2) is 9.97 Å². The van der Waals surface area contributed by atoms with E-state index in [1.165, 1.54) is 17.2 Å². The van der Waals surface area contributed by atoms with E-state index in [-0.39, 0.29) is 12.4 Å². The largest absolute Gasteiger partial charge is 0.419 e. The number of anilines is 4. The Morgan fingerprint density at radius 3 is 2.42 bits per heavy atom. The summed E-state index contributed by atoms with van der Waals surface area (Å²) in [6.45, 7) is 8.45. The lowest BCUT2D eigenvalue weighted by Crippen LogP contribution is -2.37. The molecule has 40 heavy (non-hydrogen) atoms. The molecule has 1 fully saturated rings. The van der Waals surface area contributed by atoms with E-state index in [4.69, 9.17) is 14.7 Å². The van der Waals surface area contributed by atoms with Gasteiger partial charge in [-0.15, -0.1) is 0 Å². The van der Waals surface area contributed by atoms with Crippen molar-refractivity contribution >= 4 is 23.3 Å². The summed E-state index contributed by atoms with van der Waals surface area (Å²) in [7, 11) is 1.61. The fraction of sp³-hybridized carbons (Fsp3) is 0.448. The number of pyridine rings is 1. The van der Waals surface area contributed by atoms with E-state index < -0.39 is 17.2 Å². The third-order valence-corrected chi connectivity index (χ3v) is 7.01. The second-order valence-electron chi connectivity index (χ2n) is 10.2. The molecule has 1 N–H and O–H groups in total. The Bertz CT molecular complexity index is 1350. The molecule has 0 unspecified atom stereocenters. The first-order valence-electron chi connectivity index (χ1n) is 13.3. The lowest BCUT2D eigenvalue weighted by atomic mass is 9.86. The van der Waals surface area contributed by atoms with E-state index in [1.54, 1.807) is 7.05 Å². The van der Waals surface area contributed by atoms with Crippen LogP contribution in [-0.4, -0.2) is 54.8 Å². The van der Waals surface area contributed by atoms with Crippen molar-refractivity contribution in [3.63, 3.8) is 0 Å². The highest BCUT2D eigenvalue weighted by molar-refractivity contribution is 5.63. The van der Waals surface area contributed by atoms with Gasteiger partial charge in [0.15, 0.2) is 0 Å². The van der Waals surface area contributed by atoms with E-state index in [1.807, 2.05) is 45.0 Å². The Morgan fingerprint density at radius 1 is 1.10 bits per heavy atom. The topological polar surface area (TPSA) is 90.2 Å². The van der Waals surface area contributed by atoms with Crippen molar-refractivity contribution in [1.82, 2.24) is 15.0 Å². The summed E-state index contributed by atoms with van der Waals surface area (Å²) >= 11 is 0. The van der Waals surface area contributed by atoms with Crippen molar-refractivity contribution < 1.29 is 17.9 Å². The normalized spacial score (nSPS) is 14.1. The van der Waals surface area contributed by atoms with Crippen LogP contribution in [0.1, 0.15) is 43.2 Å². The van der Waals surface area contributed by atoms with Gasteiger partial charge in [-0.1, -0.05) is 19.1 Å². The van der Waals surface area contributed by atoms with Crippen molar-refractivity contribution in [3.05, 3.63) is 65.0 Å². The summed E-state index contributed by atoms with van der Waals surface area (Å²) in [4.78, 5) is 17.3. The lowest BCUT2D eigenvalue weighted by Gasteiger charge is -2.28. The summed E-state index contributed by atoms with van der Waals surface area (Å²) in [5, 5.41) is 12.9. The minimum absolute atomic E-state index is 0.116. The summed E-state index contributed by atoms with van der Waals surface area (Å²) in [6.07, 6.45) is -2.11. The number of rotatable bonds is 9. The molecule has 0 bridgehead atoms. The minimum Gasteiger partial charge on any atom is -0.378 e. The highest BCUT2D eigenvalue weighted by atomic mass is 19.4. The monoisotopic (exact) mass is 553 g/mol. The quantitative estimate of drug-likeness (QED) is 0.371. The number of nitrogens with zero attached hydrogens (tertiary/aromatic N) is 6. The van der Waals surface area contributed by atoms with Gasteiger partial charge in [-0.2, -0.15) is 23.4 Å². The first-order valence-corrected chi connectivity index (χ1v) is 13.3. The Labute approximate surface area is 232 Å². The number of morpholine rings is 1. The predicted molar refractivity (Wildman–Crippen MR) is 149 cm³/mol. The zero-order valence-corrected chi connectivity index (χ0v) is 23.2. The molecule has 0 spiro atoms. The van der Waals surface area contributed by atoms with Gasteiger partial charge in [-0.3, -0.25) is 0 Å². The van der Waals surface area contributed by atoms with Crippen LogP contribution in [0, 0.1) is 11.3 Å². The molecule has 0 radical (unpaired) electrons. The van der Waals surface area contributed by atoms with Gasteiger partial charge in [-0.05, 0) is 50.1 Å². The highest BCUT2D eigenvalue weighted by Gasteiger charge is 2.35. The van der Waals surface area contributed by atoms with Gasteiger partial charge in [0.25, 0.3) is 0 Å². The van der Waals surface area contributed by atoms with Crippen LogP contribution in [0.2, 0.25) is 0 Å². The van der Waals surface area contributed by atoms with Crippen LogP contribution in [0.15, 0.2) is 42.6 Å². The number of aromatic nitrogens is 3. The molecule has 11 heteroatoms. The fourth-order valence-corrected chi connectivity index (χ4v) is 4.58. The van der Waals surface area contributed by atoms with Crippen molar-refractivity contribution in [2.75, 3.05) is 55.0 Å². The minimum atomic E-state index is -4.50. The maximum Gasteiger partial charge on any atom is 0.419 e. The number of likely N-dealkylation sites (N-methyl/N-ethyl adjacent to an activating group) is 1. The molecule has 2 aromatic heterocycles. The second kappa shape index (κ2) is 12.1. The molecule has 3 heterocycles. The van der Waals surface area contributed by atoms with Crippen molar-refractivity contribution in [3.8, 4) is 6.07 Å². The van der Waals surface area contributed by atoms with E-state index >= 15 is 0 Å². The third kappa shape index (κ3) is 6.62. The van der Waals surface area contributed by atoms with Gasteiger partial charge >= 0.3 is 6.18 Å². The van der Waals surface area contributed by atoms with Crippen molar-refractivity contribution in [1.29, 1.82) is 5.26 Å². The molecule has 1 aliphatic heterocycles. The van der Waals surface area contributed by atoms with Crippen LogP contribution >= 0.6 is 0 Å².